The van der Waals surface area contributed by atoms with Crippen LogP contribution in [0.3, 0.4) is 0 Å². The predicted molar refractivity (Wildman–Crippen MR) is 160 cm³/mol. The molecule has 0 spiro atoms. The molecule has 42 heavy (non-hydrogen) atoms. The number of hydrogen-bond acceptors (Lipinski definition) is 5. The van der Waals surface area contributed by atoms with Gasteiger partial charge in [-0.1, -0.05) is 31.2 Å². The highest BCUT2D eigenvalue weighted by molar-refractivity contribution is 5.99. The second-order valence-corrected chi connectivity index (χ2v) is 11.8. The van der Waals surface area contributed by atoms with Gasteiger partial charge in [-0.05, 0) is 63.3 Å². The number of benzene rings is 2. The lowest BCUT2D eigenvalue weighted by Gasteiger charge is -2.40. The highest BCUT2D eigenvalue weighted by Crippen LogP contribution is 2.30. The number of para-hydroxylation sites is 1. The Morgan fingerprint density at radius 3 is 2.21 bits per heavy atom. The molecule has 2 heterocycles. The molecule has 1 atom stereocenters. The van der Waals surface area contributed by atoms with Crippen LogP contribution in [0.5, 0.6) is 0 Å². The fraction of sp³-hybridized carbons (Fsp3) is 0.500. The molecule has 0 aromatic heterocycles. The zero-order chi connectivity index (χ0) is 30.4. The van der Waals surface area contributed by atoms with Crippen LogP contribution in [0.2, 0.25) is 0 Å². The first-order valence-corrected chi connectivity index (χ1v) is 14.8. The Bertz CT molecular complexity index is 1290. The molecule has 0 aliphatic carbocycles. The summed E-state index contributed by atoms with van der Waals surface area (Å²) in [6.07, 6.45) is 1.84. The Morgan fingerprint density at radius 1 is 1.00 bits per heavy atom. The quantitative estimate of drug-likeness (QED) is 0.303. The van der Waals surface area contributed by atoms with E-state index in [1.54, 1.807) is 24.8 Å². The van der Waals surface area contributed by atoms with E-state index in [1.165, 1.54) is 12.1 Å². The van der Waals surface area contributed by atoms with E-state index in [2.05, 4.69) is 22.3 Å². The van der Waals surface area contributed by atoms with E-state index >= 15 is 4.39 Å². The Morgan fingerprint density at radius 2 is 1.64 bits per heavy atom. The van der Waals surface area contributed by atoms with Gasteiger partial charge in [0.25, 0.3) is 5.91 Å². The maximum Gasteiger partial charge on any atom is 0.303 e. The summed E-state index contributed by atoms with van der Waals surface area (Å²) < 4.78 is 15.2. The zero-order valence-corrected chi connectivity index (χ0v) is 24.7. The number of halogens is 1. The van der Waals surface area contributed by atoms with Crippen molar-refractivity contribution in [3.05, 3.63) is 65.5 Å². The fourth-order valence-electron chi connectivity index (χ4n) is 6.03. The molecule has 2 saturated heterocycles. The number of hydrogen-bond donors (Lipinski definition) is 3. The summed E-state index contributed by atoms with van der Waals surface area (Å²) in [5.41, 5.74) is 0.480. The number of amidine groups is 1. The van der Waals surface area contributed by atoms with Gasteiger partial charge in [-0.25, -0.2) is 4.39 Å². The third-order valence-electron chi connectivity index (χ3n) is 8.71. The van der Waals surface area contributed by atoms with Gasteiger partial charge in [-0.2, -0.15) is 0 Å². The van der Waals surface area contributed by atoms with E-state index in [0.717, 1.165) is 18.8 Å². The molecular weight excluding hydrogens is 537 g/mol. The van der Waals surface area contributed by atoms with E-state index in [4.69, 9.17) is 10.5 Å². The Hall–Kier alpha value is -3.95. The monoisotopic (exact) mass is 579 g/mol. The van der Waals surface area contributed by atoms with Crippen LogP contribution in [0.4, 0.5) is 10.1 Å². The zero-order valence-electron chi connectivity index (χ0n) is 24.7. The largest absolute Gasteiger partial charge is 0.481 e. The van der Waals surface area contributed by atoms with Crippen LogP contribution in [-0.2, 0) is 9.59 Å². The number of likely N-dealkylation sites (tertiary alicyclic amines) is 1. The van der Waals surface area contributed by atoms with E-state index in [0.29, 0.717) is 51.0 Å². The first kappa shape index (κ1) is 31.0. The SMILES string of the molecule is CCC(NC(=O)c1ccc(C(=N)N2CCN(c3ccccc3)CC2)cc1F)C(C)(C)C(=O)N1CCC(CC(=O)O)CC1. The first-order chi connectivity index (χ1) is 20.0. The number of piperazine rings is 1. The topological polar surface area (TPSA) is 117 Å². The third-order valence-corrected chi connectivity index (χ3v) is 8.71. The summed E-state index contributed by atoms with van der Waals surface area (Å²) in [4.78, 5) is 43.6. The molecule has 4 rings (SSSR count). The second kappa shape index (κ2) is 13.4. The fourth-order valence-corrected chi connectivity index (χ4v) is 6.03. The van der Waals surface area contributed by atoms with Crippen LogP contribution in [0, 0.1) is 22.6 Å². The maximum absolute atomic E-state index is 15.2. The standard InChI is InChI=1S/C32H42FN5O4/c1-4-27(32(2,3)31(42)38-14-12-22(13-15-38)20-28(39)40)35-30(41)25-11-10-23(21-26(25)33)29(34)37-18-16-36(17-19-37)24-8-6-5-7-9-24/h5-11,21-22,27,34H,4,12-20H2,1-3H3,(H,35,41)(H,39,40). The molecule has 0 bridgehead atoms. The van der Waals surface area contributed by atoms with Gasteiger partial charge in [0.2, 0.25) is 5.91 Å². The molecule has 1 unspecified atom stereocenters. The van der Waals surface area contributed by atoms with Crippen molar-refractivity contribution in [3.63, 3.8) is 0 Å². The van der Waals surface area contributed by atoms with Gasteiger partial charge in [0, 0.05) is 63.0 Å². The van der Waals surface area contributed by atoms with Crippen LogP contribution in [0.25, 0.3) is 0 Å². The number of piperidine rings is 1. The second-order valence-electron chi connectivity index (χ2n) is 11.8. The van der Waals surface area contributed by atoms with Gasteiger partial charge >= 0.3 is 5.97 Å². The maximum atomic E-state index is 15.2. The number of carbonyl (C=O) groups is 3. The lowest BCUT2D eigenvalue weighted by Crippen LogP contribution is -2.54. The van der Waals surface area contributed by atoms with Crippen LogP contribution in [0.15, 0.2) is 48.5 Å². The van der Waals surface area contributed by atoms with Gasteiger partial charge in [0.15, 0.2) is 0 Å². The number of nitrogens with zero attached hydrogens (tertiary/aromatic N) is 3. The summed E-state index contributed by atoms with van der Waals surface area (Å²) in [5.74, 6) is -1.97. The minimum absolute atomic E-state index is 0.0580. The summed E-state index contributed by atoms with van der Waals surface area (Å²) in [6, 6.07) is 13.8. The molecule has 10 heteroatoms. The molecule has 2 fully saturated rings. The molecule has 0 saturated carbocycles. The molecule has 2 aliphatic rings. The van der Waals surface area contributed by atoms with Crippen molar-refractivity contribution in [2.45, 2.75) is 52.5 Å². The van der Waals surface area contributed by atoms with Crippen molar-refractivity contribution in [2.75, 3.05) is 44.2 Å². The van der Waals surface area contributed by atoms with E-state index < -0.39 is 29.2 Å². The summed E-state index contributed by atoms with van der Waals surface area (Å²) in [5, 5.41) is 20.6. The Labute approximate surface area is 247 Å². The number of carboxylic acids is 1. The van der Waals surface area contributed by atoms with Crippen molar-refractivity contribution in [1.82, 2.24) is 15.1 Å². The normalized spacial score (nSPS) is 17.1. The van der Waals surface area contributed by atoms with E-state index in [9.17, 15) is 14.4 Å². The first-order valence-electron chi connectivity index (χ1n) is 14.8. The lowest BCUT2D eigenvalue weighted by atomic mass is 9.80. The highest BCUT2D eigenvalue weighted by atomic mass is 19.1. The van der Waals surface area contributed by atoms with E-state index in [-0.39, 0.29) is 29.6 Å². The van der Waals surface area contributed by atoms with Gasteiger partial charge in [0.05, 0.1) is 11.0 Å². The third kappa shape index (κ3) is 7.09. The molecule has 2 aromatic rings. The van der Waals surface area contributed by atoms with Gasteiger partial charge in [0.1, 0.15) is 11.7 Å². The Balaban J connectivity index is 1.35. The van der Waals surface area contributed by atoms with Crippen LogP contribution >= 0.6 is 0 Å². The number of amides is 2. The van der Waals surface area contributed by atoms with Crippen LogP contribution in [-0.4, -0.2) is 83.8 Å². The molecule has 2 amide bonds. The molecule has 9 nitrogen and oxygen atoms in total. The minimum atomic E-state index is -0.940. The van der Waals surface area contributed by atoms with Crippen molar-refractivity contribution >= 4 is 29.3 Å². The van der Waals surface area contributed by atoms with Gasteiger partial charge in [-0.3, -0.25) is 19.8 Å². The summed E-state index contributed by atoms with van der Waals surface area (Å²) >= 11 is 0. The number of carboxylic acid groups (broad SMARTS) is 1. The molecular formula is C32H42FN5O4. The average molecular weight is 580 g/mol. The number of rotatable bonds is 9. The predicted octanol–water partition coefficient (Wildman–Crippen LogP) is 4.22. The number of carbonyl (C=O) groups excluding carboxylic acids is 2. The van der Waals surface area contributed by atoms with Crippen molar-refractivity contribution in [3.8, 4) is 0 Å². The lowest BCUT2D eigenvalue weighted by molar-refractivity contribution is -0.143. The minimum Gasteiger partial charge on any atom is -0.481 e. The van der Waals surface area contributed by atoms with Crippen molar-refractivity contribution < 1.29 is 23.9 Å². The molecule has 0 radical (unpaired) electrons. The number of anilines is 1. The molecule has 2 aliphatic heterocycles. The van der Waals surface area contributed by atoms with Gasteiger partial charge < -0.3 is 25.1 Å². The molecule has 3 N–H and O–H groups in total. The summed E-state index contributed by atoms with van der Waals surface area (Å²) in [6.45, 7) is 9.17. The van der Waals surface area contributed by atoms with Crippen molar-refractivity contribution in [2.24, 2.45) is 11.3 Å². The smallest absolute Gasteiger partial charge is 0.303 e. The van der Waals surface area contributed by atoms with E-state index in [1.807, 2.05) is 30.0 Å². The van der Waals surface area contributed by atoms with Gasteiger partial charge in [-0.15, -0.1) is 0 Å². The van der Waals surface area contributed by atoms with Crippen LogP contribution in [0.1, 0.15) is 62.4 Å². The van der Waals surface area contributed by atoms with Crippen LogP contribution < -0.4 is 10.2 Å². The number of aliphatic carboxylic acids is 1. The van der Waals surface area contributed by atoms with Crippen molar-refractivity contribution in [1.29, 1.82) is 5.41 Å². The highest BCUT2D eigenvalue weighted by Gasteiger charge is 2.41. The average Bonchev–Trinajstić information content (AvgIpc) is 2.99. The number of nitrogens with one attached hydrogen (secondary N) is 2. The Kier molecular flexibility index (Phi) is 9.85. The molecule has 2 aromatic carbocycles. The summed E-state index contributed by atoms with van der Waals surface area (Å²) in [7, 11) is 0. The molecule has 226 valence electrons.